The number of carboxylic acids is 1. The van der Waals surface area contributed by atoms with Crippen molar-refractivity contribution < 1.29 is 9.90 Å². The molecule has 0 fully saturated rings. The van der Waals surface area contributed by atoms with Gasteiger partial charge in [0.05, 0.1) is 11.5 Å². The Morgan fingerprint density at radius 2 is 1.88 bits per heavy atom. The summed E-state index contributed by atoms with van der Waals surface area (Å²) in [5.41, 5.74) is 1.15. The number of carboxylic acid groups (broad SMARTS) is 1. The fourth-order valence-electron chi connectivity index (χ4n) is 2.83. The number of aromatic nitrogens is 2. The fraction of sp³-hybridized carbons (Fsp3) is 0. The quantitative estimate of drug-likeness (QED) is 0.573. The second kappa shape index (κ2) is 6.03. The lowest BCUT2D eigenvalue weighted by atomic mass is 10.0. The summed E-state index contributed by atoms with van der Waals surface area (Å²) in [6.45, 7) is 0. The Morgan fingerprint density at radius 1 is 1.04 bits per heavy atom. The van der Waals surface area contributed by atoms with E-state index in [1.807, 2.05) is 24.3 Å². The molecule has 0 amide bonds. The van der Waals surface area contributed by atoms with E-state index in [4.69, 9.17) is 11.6 Å². The Balaban J connectivity index is 2.01. The van der Waals surface area contributed by atoms with Crippen molar-refractivity contribution in [3.8, 4) is 0 Å². The maximum absolute atomic E-state index is 11.5. The molecule has 4 rings (SSSR count). The first-order valence-corrected chi connectivity index (χ1v) is 7.91. The number of halogens is 1. The molecule has 1 N–H and O–H groups in total. The minimum atomic E-state index is -1.27. The summed E-state index contributed by atoms with van der Waals surface area (Å²) in [7, 11) is 0. The zero-order valence-corrected chi connectivity index (χ0v) is 13.6. The van der Waals surface area contributed by atoms with Crippen molar-refractivity contribution in [3.63, 3.8) is 0 Å². The minimum Gasteiger partial charge on any atom is -0.545 e. The van der Waals surface area contributed by atoms with Crippen LogP contribution in [-0.4, -0.2) is 15.9 Å². The van der Waals surface area contributed by atoms with Gasteiger partial charge in [0.15, 0.2) is 0 Å². The lowest BCUT2D eigenvalue weighted by Crippen LogP contribution is -2.22. The molecule has 0 saturated heterocycles. The maximum Gasteiger partial charge on any atom is 0.139 e. The number of rotatable bonds is 3. The van der Waals surface area contributed by atoms with Crippen LogP contribution in [0.15, 0.2) is 60.9 Å². The third kappa shape index (κ3) is 2.75. The molecule has 0 aliphatic heterocycles. The Bertz CT molecular complexity index is 1130. The number of para-hydroxylation sites is 1. The molecule has 2 aromatic carbocycles. The van der Waals surface area contributed by atoms with Gasteiger partial charge in [-0.3, -0.25) is 4.98 Å². The van der Waals surface area contributed by atoms with E-state index >= 15 is 0 Å². The van der Waals surface area contributed by atoms with E-state index < -0.39 is 5.97 Å². The number of hydrogen-bond acceptors (Lipinski definition) is 5. The molecule has 0 saturated carbocycles. The van der Waals surface area contributed by atoms with Gasteiger partial charge in [-0.2, -0.15) is 0 Å². The molecule has 0 bridgehead atoms. The largest absolute Gasteiger partial charge is 0.545 e. The summed E-state index contributed by atoms with van der Waals surface area (Å²) in [4.78, 5) is 20.2. The van der Waals surface area contributed by atoms with Gasteiger partial charge in [-0.05, 0) is 24.3 Å². The van der Waals surface area contributed by atoms with Gasteiger partial charge < -0.3 is 15.2 Å². The van der Waals surface area contributed by atoms with Crippen LogP contribution in [0.25, 0.3) is 21.7 Å². The topological polar surface area (TPSA) is 77.9 Å². The molecule has 6 heteroatoms. The SMILES string of the molecule is O=C([O-])c1cccc2c1nc(Nc1cccc(Cl)c1)c1ccncc12. The summed E-state index contributed by atoms with van der Waals surface area (Å²) < 4.78 is 0. The van der Waals surface area contributed by atoms with Crippen LogP contribution in [0.1, 0.15) is 10.4 Å². The van der Waals surface area contributed by atoms with E-state index in [0.29, 0.717) is 21.7 Å². The third-order valence-electron chi connectivity index (χ3n) is 3.93. The van der Waals surface area contributed by atoms with Gasteiger partial charge in [0, 0.05) is 44.8 Å². The van der Waals surface area contributed by atoms with Crippen molar-refractivity contribution in [1.29, 1.82) is 0 Å². The maximum atomic E-state index is 11.5. The lowest BCUT2D eigenvalue weighted by molar-refractivity contribution is -0.254. The second-order valence-electron chi connectivity index (χ2n) is 5.51. The van der Waals surface area contributed by atoms with Crippen molar-refractivity contribution in [2.24, 2.45) is 0 Å². The molecule has 0 spiro atoms. The van der Waals surface area contributed by atoms with Crippen LogP contribution < -0.4 is 10.4 Å². The predicted molar refractivity (Wildman–Crippen MR) is 96.1 cm³/mol. The van der Waals surface area contributed by atoms with Gasteiger partial charge in [-0.1, -0.05) is 35.9 Å². The number of nitrogens with one attached hydrogen (secondary N) is 1. The molecule has 0 aliphatic rings. The molecule has 0 unspecified atom stereocenters. The summed E-state index contributed by atoms with van der Waals surface area (Å²) in [5, 5.41) is 17.6. The van der Waals surface area contributed by atoms with Crippen LogP contribution >= 0.6 is 11.6 Å². The lowest BCUT2D eigenvalue weighted by Gasteiger charge is -2.14. The average molecular weight is 349 g/mol. The van der Waals surface area contributed by atoms with E-state index in [1.165, 1.54) is 6.07 Å². The van der Waals surface area contributed by atoms with E-state index in [0.717, 1.165) is 16.5 Å². The highest BCUT2D eigenvalue weighted by Crippen LogP contribution is 2.32. The average Bonchev–Trinajstić information content (AvgIpc) is 2.61. The zero-order chi connectivity index (χ0) is 17.4. The number of fused-ring (bicyclic) bond motifs is 3. The second-order valence-corrected chi connectivity index (χ2v) is 5.94. The minimum absolute atomic E-state index is 0.0393. The fourth-order valence-corrected chi connectivity index (χ4v) is 3.02. The first-order chi connectivity index (χ1) is 12.1. The molecule has 5 nitrogen and oxygen atoms in total. The third-order valence-corrected chi connectivity index (χ3v) is 4.17. The van der Waals surface area contributed by atoms with Gasteiger partial charge in [0.25, 0.3) is 0 Å². The summed E-state index contributed by atoms with van der Waals surface area (Å²) >= 11 is 6.03. The van der Waals surface area contributed by atoms with E-state index in [9.17, 15) is 9.90 Å². The van der Waals surface area contributed by atoms with E-state index in [1.54, 1.807) is 30.6 Å². The summed E-state index contributed by atoms with van der Waals surface area (Å²) in [6.07, 6.45) is 3.36. The summed E-state index contributed by atoms with van der Waals surface area (Å²) in [6, 6.07) is 14.0. The van der Waals surface area contributed by atoms with Crippen LogP contribution in [0.4, 0.5) is 11.5 Å². The van der Waals surface area contributed by atoms with E-state index in [2.05, 4.69) is 15.3 Å². The number of carbonyl (C=O) groups is 1. The first-order valence-electron chi connectivity index (χ1n) is 7.54. The highest BCUT2D eigenvalue weighted by Gasteiger charge is 2.12. The van der Waals surface area contributed by atoms with Gasteiger partial charge in [0.1, 0.15) is 5.82 Å². The van der Waals surface area contributed by atoms with Crippen LogP contribution in [0, 0.1) is 0 Å². The van der Waals surface area contributed by atoms with Crippen LogP contribution in [-0.2, 0) is 0 Å². The first kappa shape index (κ1) is 15.4. The van der Waals surface area contributed by atoms with Crippen LogP contribution in [0.5, 0.6) is 0 Å². The number of aromatic carboxylic acids is 1. The number of carbonyl (C=O) groups excluding carboxylic acids is 1. The number of benzene rings is 2. The molecule has 0 radical (unpaired) electrons. The highest BCUT2D eigenvalue weighted by molar-refractivity contribution is 6.30. The van der Waals surface area contributed by atoms with Crippen molar-refractivity contribution in [2.45, 2.75) is 0 Å². The van der Waals surface area contributed by atoms with Crippen molar-refractivity contribution in [1.82, 2.24) is 9.97 Å². The summed E-state index contributed by atoms with van der Waals surface area (Å²) in [5.74, 6) is -0.740. The van der Waals surface area contributed by atoms with Crippen LogP contribution in [0.3, 0.4) is 0 Å². The number of pyridine rings is 2. The normalized spacial score (nSPS) is 10.9. The number of anilines is 2. The molecule has 2 aromatic heterocycles. The van der Waals surface area contributed by atoms with Gasteiger partial charge in [0.2, 0.25) is 0 Å². The van der Waals surface area contributed by atoms with Crippen molar-refractivity contribution in [2.75, 3.05) is 5.32 Å². The molecule has 25 heavy (non-hydrogen) atoms. The smallest absolute Gasteiger partial charge is 0.139 e. The standard InChI is InChI=1S/C19H12ClN3O2/c20-11-3-1-4-12(9-11)22-18-14-7-8-21-10-16(14)13-5-2-6-15(19(24)25)17(13)23-18/h1-10H,(H,22,23)(H,24,25)/p-1. The Kier molecular flexibility index (Phi) is 3.71. The number of nitrogens with zero attached hydrogens (tertiary/aromatic N) is 2. The monoisotopic (exact) mass is 348 g/mol. The Labute approximate surface area is 147 Å². The Hall–Kier alpha value is -3.18. The highest BCUT2D eigenvalue weighted by atomic mass is 35.5. The zero-order valence-electron chi connectivity index (χ0n) is 12.9. The molecule has 0 atom stereocenters. The molecule has 122 valence electrons. The van der Waals surface area contributed by atoms with Crippen LogP contribution in [0.2, 0.25) is 5.02 Å². The molecule has 4 aromatic rings. The molecular weight excluding hydrogens is 338 g/mol. The van der Waals surface area contributed by atoms with Gasteiger partial charge in [-0.15, -0.1) is 0 Å². The number of hydrogen-bond donors (Lipinski definition) is 1. The molecular formula is C19H11ClN3O2-. The molecule has 2 heterocycles. The van der Waals surface area contributed by atoms with Gasteiger partial charge >= 0.3 is 0 Å². The Morgan fingerprint density at radius 3 is 2.68 bits per heavy atom. The van der Waals surface area contributed by atoms with Crippen molar-refractivity contribution >= 4 is 50.8 Å². The van der Waals surface area contributed by atoms with Crippen molar-refractivity contribution in [3.05, 3.63) is 71.5 Å². The van der Waals surface area contributed by atoms with E-state index in [-0.39, 0.29) is 5.56 Å². The molecule has 0 aliphatic carbocycles. The van der Waals surface area contributed by atoms with Gasteiger partial charge in [-0.25, -0.2) is 4.98 Å². The predicted octanol–water partition coefficient (Wildman–Crippen LogP) is 3.54.